The van der Waals surface area contributed by atoms with Gasteiger partial charge in [0.15, 0.2) is 0 Å². The zero-order valence-electron chi connectivity index (χ0n) is 20.2. The first-order chi connectivity index (χ1) is 18.4. The number of anilines is 1. The van der Waals surface area contributed by atoms with Crippen LogP contribution in [0.1, 0.15) is 44.3 Å². The fourth-order valence-electron chi connectivity index (χ4n) is 5.19. The smallest absolute Gasteiger partial charge is 0.251 e. The van der Waals surface area contributed by atoms with E-state index in [1.54, 1.807) is 48.7 Å². The fraction of sp³-hybridized carbons (Fsp3) is 0.0968. The fourth-order valence-corrected chi connectivity index (χ4v) is 5.42. The first-order valence-corrected chi connectivity index (χ1v) is 12.6. The number of aliphatic hydroxyl groups is 1. The van der Waals surface area contributed by atoms with Gasteiger partial charge >= 0.3 is 0 Å². The van der Waals surface area contributed by atoms with Crippen LogP contribution < -0.4 is 11.1 Å². The number of nitrogens with zero attached hydrogens (tertiary/aromatic N) is 1. The van der Waals surface area contributed by atoms with Crippen LogP contribution in [0.2, 0.25) is 5.02 Å². The van der Waals surface area contributed by atoms with Crippen molar-refractivity contribution in [1.29, 1.82) is 0 Å². The minimum Gasteiger partial charge on any atom is -0.384 e. The predicted octanol–water partition coefficient (Wildman–Crippen LogP) is 6.19. The van der Waals surface area contributed by atoms with Crippen molar-refractivity contribution in [3.8, 4) is 11.1 Å². The van der Waals surface area contributed by atoms with Crippen molar-refractivity contribution >= 4 is 34.1 Å². The number of benzene rings is 4. The van der Waals surface area contributed by atoms with Crippen LogP contribution in [0.5, 0.6) is 0 Å². The number of rotatable bonds is 4. The van der Waals surface area contributed by atoms with Crippen LogP contribution in [-0.2, 0) is 13.0 Å². The van der Waals surface area contributed by atoms with Crippen molar-refractivity contribution in [3.63, 3.8) is 0 Å². The van der Waals surface area contributed by atoms with Crippen LogP contribution in [0.25, 0.3) is 21.9 Å². The van der Waals surface area contributed by atoms with Crippen molar-refractivity contribution in [2.24, 2.45) is 0 Å². The highest BCUT2D eigenvalue weighted by atomic mass is 35.5. The Morgan fingerprint density at radius 2 is 1.76 bits per heavy atom. The number of nitrogens with two attached hydrogens (primary N) is 1. The molecule has 1 heterocycles. The molecule has 5 nitrogen and oxygen atoms in total. The molecule has 1 atom stereocenters. The summed E-state index contributed by atoms with van der Waals surface area (Å²) in [7, 11) is 0. The van der Waals surface area contributed by atoms with Gasteiger partial charge in [-0.1, -0.05) is 54.1 Å². The second-order valence-electron chi connectivity index (χ2n) is 9.39. The van der Waals surface area contributed by atoms with Crippen molar-refractivity contribution in [2.45, 2.75) is 19.1 Å². The Hall–Kier alpha value is -4.26. The van der Waals surface area contributed by atoms with E-state index in [1.165, 1.54) is 6.07 Å². The molecule has 188 valence electrons. The van der Waals surface area contributed by atoms with E-state index < -0.39 is 6.10 Å². The maximum atomic E-state index is 14.4. The quantitative estimate of drug-likeness (QED) is 0.262. The van der Waals surface area contributed by atoms with E-state index in [1.807, 2.05) is 30.3 Å². The van der Waals surface area contributed by atoms with Crippen molar-refractivity contribution in [1.82, 2.24) is 10.3 Å². The third-order valence-corrected chi connectivity index (χ3v) is 7.51. The number of fused-ring (bicyclic) bond motifs is 3. The molecule has 1 aromatic heterocycles. The third-order valence-electron chi connectivity index (χ3n) is 7.16. The molecular formula is C31H23ClFN3O2. The topological polar surface area (TPSA) is 88.2 Å². The molecule has 0 bridgehead atoms. The Bertz CT molecular complexity index is 1740. The molecule has 0 unspecified atom stereocenters. The molecule has 0 aliphatic heterocycles. The molecular weight excluding hydrogens is 501 g/mol. The molecule has 4 aromatic carbocycles. The average molecular weight is 524 g/mol. The second-order valence-corrected chi connectivity index (χ2v) is 9.79. The van der Waals surface area contributed by atoms with Gasteiger partial charge in [0.1, 0.15) is 17.7 Å². The van der Waals surface area contributed by atoms with Crippen LogP contribution in [0.3, 0.4) is 0 Å². The number of pyridine rings is 1. The summed E-state index contributed by atoms with van der Waals surface area (Å²) in [5.41, 5.74) is 11.8. The molecule has 0 spiro atoms. The predicted molar refractivity (Wildman–Crippen MR) is 147 cm³/mol. The molecule has 1 aliphatic carbocycles. The second kappa shape index (κ2) is 9.56. The zero-order valence-corrected chi connectivity index (χ0v) is 21.0. The molecule has 1 aliphatic rings. The van der Waals surface area contributed by atoms with Gasteiger partial charge in [0, 0.05) is 34.3 Å². The lowest BCUT2D eigenvalue weighted by Crippen LogP contribution is -2.24. The largest absolute Gasteiger partial charge is 0.384 e. The molecule has 0 saturated carbocycles. The van der Waals surface area contributed by atoms with Crippen LogP contribution in [0.15, 0.2) is 85.1 Å². The molecule has 7 heteroatoms. The van der Waals surface area contributed by atoms with Gasteiger partial charge < -0.3 is 16.2 Å². The first-order valence-electron chi connectivity index (χ1n) is 12.2. The summed E-state index contributed by atoms with van der Waals surface area (Å²) < 4.78 is 14.4. The van der Waals surface area contributed by atoms with E-state index in [4.69, 9.17) is 17.3 Å². The van der Waals surface area contributed by atoms with E-state index in [-0.39, 0.29) is 18.3 Å². The summed E-state index contributed by atoms with van der Waals surface area (Å²) >= 11 is 6.45. The Labute approximate surface area is 223 Å². The van der Waals surface area contributed by atoms with Gasteiger partial charge in [-0.05, 0) is 81.6 Å². The lowest BCUT2D eigenvalue weighted by Gasteiger charge is -2.26. The highest BCUT2D eigenvalue weighted by Crippen LogP contribution is 2.38. The van der Waals surface area contributed by atoms with Crippen LogP contribution in [-0.4, -0.2) is 16.0 Å². The van der Waals surface area contributed by atoms with Crippen LogP contribution in [0.4, 0.5) is 10.2 Å². The highest BCUT2D eigenvalue weighted by molar-refractivity contribution is 6.32. The van der Waals surface area contributed by atoms with E-state index in [9.17, 15) is 14.3 Å². The van der Waals surface area contributed by atoms with Gasteiger partial charge in [-0.2, -0.15) is 0 Å². The number of nitrogens with one attached hydrogen (secondary N) is 1. The number of nitrogen functional groups attached to an aromatic ring is 1. The van der Waals surface area contributed by atoms with E-state index >= 15 is 0 Å². The third kappa shape index (κ3) is 4.18. The zero-order chi connectivity index (χ0) is 26.4. The van der Waals surface area contributed by atoms with E-state index in [0.717, 1.165) is 44.2 Å². The summed E-state index contributed by atoms with van der Waals surface area (Å²) in [6, 6.07) is 22.9. The molecule has 38 heavy (non-hydrogen) atoms. The summed E-state index contributed by atoms with van der Waals surface area (Å²) in [4.78, 5) is 17.2. The lowest BCUT2D eigenvalue weighted by atomic mass is 9.82. The average Bonchev–Trinajstić information content (AvgIpc) is 2.92. The minimum atomic E-state index is -0.825. The van der Waals surface area contributed by atoms with Crippen molar-refractivity contribution < 1.29 is 14.3 Å². The standard InChI is InChI=1S/C31H23ClFN3O2/c32-27-10-9-25-24(11-12-35-30(25)34)26(27)16-36-31(38)18-6-8-23-20(14-18)15-19-13-17(5-7-22(19)29(23)37)21-3-1-2-4-28(21)33/h1-14,29,37H,15-16H2,(H2,34,35)(H,36,38)/t29-/m0/s1. The minimum absolute atomic E-state index is 0.215. The Morgan fingerprint density at radius 1 is 1.00 bits per heavy atom. The summed E-state index contributed by atoms with van der Waals surface area (Å²) in [6.45, 7) is 0.215. The number of halogens is 2. The normalized spacial score (nSPS) is 14.1. The number of aromatic nitrogens is 1. The SMILES string of the molecule is Nc1nccc2c(CNC(=O)c3ccc4c(c3)Cc3cc(-c5ccccc5F)ccc3[C@@H]4O)c(Cl)ccc12. The molecule has 4 N–H and O–H groups in total. The maximum Gasteiger partial charge on any atom is 0.251 e. The van der Waals surface area contributed by atoms with Gasteiger partial charge in [-0.15, -0.1) is 0 Å². The van der Waals surface area contributed by atoms with Gasteiger partial charge in [0.05, 0.1) is 0 Å². The van der Waals surface area contributed by atoms with Gasteiger partial charge in [-0.25, -0.2) is 9.37 Å². The van der Waals surface area contributed by atoms with Crippen molar-refractivity contribution in [3.05, 3.63) is 129 Å². The number of hydrogen-bond donors (Lipinski definition) is 3. The Morgan fingerprint density at radius 3 is 2.58 bits per heavy atom. The number of hydrogen-bond acceptors (Lipinski definition) is 4. The summed E-state index contributed by atoms with van der Waals surface area (Å²) in [5, 5.41) is 16.1. The van der Waals surface area contributed by atoms with E-state index in [2.05, 4.69) is 10.3 Å². The first kappa shape index (κ1) is 24.1. The molecule has 0 radical (unpaired) electrons. The number of carbonyl (C=O) groups is 1. The maximum absolute atomic E-state index is 14.4. The van der Waals surface area contributed by atoms with Gasteiger partial charge in [-0.3, -0.25) is 4.79 Å². The van der Waals surface area contributed by atoms with E-state index in [0.29, 0.717) is 28.4 Å². The molecule has 5 aromatic rings. The van der Waals surface area contributed by atoms with Gasteiger partial charge in [0.2, 0.25) is 0 Å². The monoisotopic (exact) mass is 523 g/mol. The van der Waals surface area contributed by atoms with Gasteiger partial charge in [0.25, 0.3) is 5.91 Å². The molecule has 0 fully saturated rings. The summed E-state index contributed by atoms with van der Waals surface area (Å²) in [5.74, 6) is -0.157. The molecule has 0 saturated heterocycles. The number of amides is 1. The molecule has 1 amide bonds. The Kier molecular flexibility index (Phi) is 6.06. The lowest BCUT2D eigenvalue weighted by molar-refractivity contribution is 0.0950. The van der Waals surface area contributed by atoms with Crippen LogP contribution >= 0.6 is 11.6 Å². The highest BCUT2D eigenvalue weighted by Gasteiger charge is 2.25. The molecule has 6 rings (SSSR count). The Balaban J connectivity index is 1.26. The summed E-state index contributed by atoms with van der Waals surface area (Å²) in [6.07, 6.45) is 1.31. The van der Waals surface area contributed by atoms with Crippen molar-refractivity contribution in [2.75, 3.05) is 5.73 Å². The van der Waals surface area contributed by atoms with Crippen LogP contribution in [0, 0.1) is 5.82 Å². The number of carbonyl (C=O) groups excluding carboxylic acids is 1. The number of aliphatic hydroxyl groups excluding tert-OH is 1.